The minimum absolute atomic E-state index is 0. The molecule has 3 nitrogen and oxygen atoms in total. The topological polar surface area (TPSA) is 55.1 Å². The first-order chi connectivity index (χ1) is 5.04. The monoisotopic (exact) mass is 200 g/mol. The highest BCUT2D eigenvalue weighted by Crippen LogP contribution is 2.29. The van der Waals surface area contributed by atoms with Crippen molar-refractivity contribution in [2.45, 2.75) is 12.3 Å². The first kappa shape index (κ1) is 11.6. The van der Waals surface area contributed by atoms with Gasteiger partial charge in [-0.2, -0.15) is 0 Å². The molecule has 1 saturated heterocycles. The first-order valence-electron chi connectivity index (χ1n) is 3.42. The van der Waals surface area contributed by atoms with Gasteiger partial charge in [-0.05, 0) is 0 Å². The zero-order valence-electron chi connectivity index (χ0n) is 6.35. The molecule has 1 atom stereocenters. The Balaban J connectivity index is 0.00000121. The number of rotatable bonds is 1. The van der Waals surface area contributed by atoms with Crippen molar-refractivity contribution in [2.24, 2.45) is 11.7 Å². The lowest BCUT2D eigenvalue weighted by Gasteiger charge is -2.29. The first-order valence-corrected chi connectivity index (χ1v) is 3.42. The molecule has 0 saturated carbocycles. The lowest BCUT2D eigenvalue weighted by atomic mass is 9.94. The number of carbonyl (C=O) groups is 1. The maximum Gasteiger partial charge on any atom is 0.262 e. The van der Waals surface area contributed by atoms with Gasteiger partial charge in [0, 0.05) is 19.5 Å². The second-order valence-electron chi connectivity index (χ2n) is 2.67. The number of halogens is 3. The highest BCUT2D eigenvalue weighted by atomic mass is 35.5. The second-order valence-corrected chi connectivity index (χ2v) is 2.67. The Bertz CT molecular complexity index is 177. The van der Waals surface area contributed by atoms with Crippen LogP contribution in [0.1, 0.15) is 6.42 Å². The van der Waals surface area contributed by atoms with Crippen LogP contribution < -0.4 is 11.1 Å². The van der Waals surface area contributed by atoms with Gasteiger partial charge in [-0.3, -0.25) is 4.79 Å². The van der Waals surface area contributed by atoms with Crippen molar-refractivity contribution in [2.75, 3.05) is 13.1 Å². The number of hydrogen-bond acceptors (Lipinski definition) is 2. The van der Waals surface area contributed by atoms with E-state index in [1.807, 2.05) is 0 Å². The minimum Gasteiger partial charge on any atom is -0.369 e. The third-order valence-corrected chi connectivity index (χ3v) is 1.84. The summed E-state index contributed by atoms with van der Waals surface area (Å²) in [7, 11) is 0. The number of carbonyl (C=O) groups excluding carboxylic acids is 1. The molecule has 0 spiro atoms. The molecule has 0 aliphatic carbocycles. The van der Waals surface area contributed by atoms with Crippen molar-refractivity contribution in [3.8, 4) is 0 Å². The summed E-state index contributed by atoms with van der Waals surface area (Å²) in [6, 6.07) is 0. The molecule has 0 radical (unpaired) electrons. The van der Waals surface area contributed by atoms with Crippen LogP contribution in [0.3, 0.4) is 0 Å². The van der Waals surface area contributed by atoms with Gasteiger partial charge in [0.25, 0.3) is 5.92 Å². The van der Waals surface area contributed by atoms with E-state index < -0.39 is 17.7 Å². The molecule has 1 unspecified atom stereocenters. The maximum absolute atomic E-state index is 12.8. The van der Waals surface area contributed by atoms with Gasteiger partial charge in [0.2, 0.25) is 5.91 Å². The zero-order chi connectivity index (χ0) is 8.48. The zero-order valence-corrected chi connectivity index (χ0v) is 7.16. The molecule has 0 aromatic heterocycles. The molecule has 12 heavy (non-hydrogen) atoms. The molecule has 3 N–H and O–H groups in total. The highest BCUT2D eigenvalue weighted by Gasteiger charge is 2.44. The number of primary amides is 1. The lowest BCUT2D eigenvalue weighted by Crippen LogP contribution is -2.50. The smallest absolute Gasteiger partial charge is 0.262 e. The van der Waals surface area contributed by atoms with E-state index in [0.717, 1.165) is 0 Å². The third-order valence-electron chi connectivity index (χ3n) is 1.84. The van der Waals surface area contributed by atoms with Gasteiger partial charge in [0.15, 0.2) is 0 Å². The Labute approximate surface area is 75.1 Å². The summed E-state index contributed by atoms with van der Waals surface area (Å²) in [5.74, 6) is -5.18. The van der Waals surface area contributed by atoms with Gasteiger partial charge in [-0.15, -0.1) is 12.4 Å². The number of alkyl halides is 2. The molecular formula is C6H11ClF2N2O. The maximum atomic E-state index is 12.8. The molecule has 1 amide bonds. The second kappa shape index (κ2) is 4.00. The van der Waals surface area contributed by atoms with Crippen molar-refractivity contribution in [3.05, 3.63) is 0 Å². The molecule has 1 fully saturated rings. The Morgan fingerprint density at radius 2 is 2.17 bits per heavy atom. The summed E-state index contributed by atoms with van der Waals surface area (Å²) < 4.78 is 25.6. The minimum atomic E-state index is -2.92. The molecule has 1 rings (SSSR count). The Hall–Kier alpha value is -0.420. The summed E-state index contributed by atoms with van der Waals surface area (Å²) >= 11 is 0. The lowest BCUT2D eigenvalue weighted by molar-refractivity contribution is -0.139. The summed E-state index contributed by atoms with van der Waals surface area (Å²) in [5, 5.41) is 2.69. The summed E-state index contributed by atoms with van der Waals surface area (Å²) in [4.78, 5) is 10.5. The van der Waals surface area contributed by atoms with E-state index in [2.05, 4.69) is 5.32 Å². The van der Waals surface area contributed by atoms with Crippen molar-refractivity contribution >= 4 is 18.3 Å². The molecule has 0 aromatic rings. The number of nitrogens with two attached hydrogens (primary N) is 1. The highest BCUT2D eigenvalue weighted by molar-refractivity contribution is 5.85. The number of hydrogen-bond donors (Lipinski definition) is 2. The fourth-order valence-corrected chi connectivity index (χ4v) is 1.13. The molecule has 0 bridgehead atoms. The van der Waals surface area contributed by atoms with Crippen LogP contribution in [-0.2, 0) is 4.79 Å². The fourth-order valence-electron chi connectivity index (χ4n) is 1.13. The predicted octanol–water partition coefficient (Wildman–Crippen LogP) is 0.138. The van der Waals surface area contributed by atoms with Gasteiger partial charge in [-0.1, -0.05) is 0 Å². The summed E-state index contributed by atoms with van der Waals surface area (Å²) in [6.07, 6.45) is -0.305. The van der Waals surface area contributed by atoms with E-state index in [1.165, 1.54) is 0 Å². The Morgan fingerprint density at radius 3 is 2.50 bits per heavy atom. The molecular weight excluding hydrogens is 190 g/mol. The van der Waals surface area contributed by atoms with E-state index in [4.69, 9.17) is 5.73 Å². The molecule has 1 aliphatic rings. The number of piperidine rings is 1. The van der Waals surface area contributed by atoms with Crippen LogP contribution in [0.5, 0.6) is 0 Å². The Kier molecular flexibility index (Phi) is 3.86. The normalized spacial score (nSPS) is 27.3. The fraction of sp³-hybridized carbons (Fsp3) is 0.833. The van der Waals surface area contributed by atoms with E-state index in [1.54, 1.807) is 0 Å². The van der Waals surface area contributed by atoms with Crippen LogP contribution in [0.2, 0.25) is 0 Å². The largest absolute Gasteiger partial charge is 0.369 e. The van der Waals surface area contributed by atoms with E-state index in [-0.39, 0.29) is 31.9 Å². The number of nitrogens with one attached hydrogen (secondary N) is 1. The van der Waals surface area contributed by atoms with Crippen LogP contribution >= 0.6 is 12.4 Å². The molecule has 6 heteroatoms. The standard InChI is InChI=1S/C6H10F2N2O.ClH/c7-6(8)1-2-10-3-4(6)5(9)11;/h4,10H,1-3H2,(H2,9,11);1H. The van der Waals surface area contributed by atoms with Crippen molar-refractivity contribution in [3.63, 3.8) is 0 Å². The van der Waals surface area contributed by atoms with Crippen molar-refractivity contribution < 1.29 is 13.6 Å². The number of amides is 1. The van der Waals surface area contributed by atoms with Crippen LogP contribution in [-0.4, -0.2) is 24.9 Å². The molecule has 72 valence electrons. The van der Waals surface area contributed by atoms with Gasteiger partial charge in [0.1, 0.15) is 5.92 Å². The van der Waals surface area contributed by atoms with E-state index in [0.29, 0.717) is 0 Å². The molecule has 1 aliphatic heterocycles. The van der Waals surface area contributed by atoms with Crippen LogP contribution in [0.25, 0.3) is 0 Å². The quantitative estimate of drug-likeness (QED) is 0.633. The van der Waals surface area contributed by atoms with Crippen LogP contribution in [0, 0.1) is 5.92 Å². The van der Waals surface area contributed by atoms with E-state index in [9.17, 15) is 13.6 Å². The van der Waals surface area contributed by atoms with E-state index >= 15 is 0 Å². The Morgan fingerprint density at radius 1 is 1.58 bits per heavy atom. The summed E-state index contributed by atoms with van der Waals surface area (Å²) in [5.41, 5.74) is 4.78. The average Bonchev–Trinajstić information content (AvgIpc) is 1.85. The van der Waals surface area contributed by atoms with Crippen LogP contribution in [0.15, 0.2) is 0 Å². The predicted molar refractivity (Wildman–Crippen MR) is 42.4 cm³/mol. The van der Waals surface area contributed by atoms with Gasteiger partial charge in [0.05, 0.1) is 0 Å². The van der Waals surface area contributed by atoms with Crippen LogP contribution in [0.4, 0.5) is 8.78 Å². The SMILES string of the molecule is Cl.NC(=O)C1CNCCC1(F)F. The average molecular weight is 201 g/mol. The van der Waals surface area contributed by atoms with Crippen molar-refractivity contribution in [1.82, 2.24) is 5.32 Å². The van der Waals surface area contributed by atoms with Gasteiger partial charge >= 0.3 is 0 Å². The third kappa shape index (κ3) is 2.28. The van der Waals surface area contributed by atoms with Crippen molar-refractivity contribution in [1.29, 1.82) is 0 Å². The van der Waals surface area contributed by atoms with Gasteiger partial charge < -0.3 is 11.1 Å². The van der Waals surface area contributed by atoms with Gasteiger partial charge in [-0.25, -0.2) is 8.78 Å². The summed E-state index contributed by atoms with van der Waals surface area (Å²) in [6.45, 7) is 0.235. The molecule has 1 heterocycles. The molecule has 0 aromatic carbocycles.